The Bertz CT molecular complexity index is 1120. The number of ether oxygens (including phenoxy) is 1. The first-order valence-corrected chi connectivity index (χ1v) is 11.8. The van der Waals surface area contributed by atoms with Gasteiger partial charge in [0.2, 0.25) is 5.91 Å². The molecular weight excluding hydrogens is 422 g/mol. The van der Waals surface area contributed by atoms with E-state index in [0.717, 1.165) is 64.4 Å². The lowest BCUT2D eigenvalue weighted by Crippen LogP contribution is -2.20. The van der Waals surface area contributed by atoms with Gasteiger partial charge in [-0.3, -0.25) is 4.79 Å². The molecule has 2 aromatic carbocycles. The Morgan fingerprint density at radius 2 is 1.97 bits per heavy atom. The normalized spacial score (nSPS) is 13.8. The van der Waals surface area contributed by atoms with Gasteiger partial charge in [-0.25, -0.2) is 4.98 Å². The third kappa shape index (κ3) is 4.88. The molecule has 168 valence electrons. The zero-order valence-electron chi connectivity index (χ0n) is 18.7. The summed E-state index contributed by atoms with van der Waals surface area (Å²) in [6, 6.07) is 11.6. The number of thiazole rings is 1. The number of aryl methyl sites for hydroxylation is 2. The van der Waals surface area contributed by atoms with Crippen LogP contribution in [0.25, 0.3) is 10.4 Å². The van der Waals surface area contributed by atoms with Crippen molar-refractivity contribution in [3.8, 4) is 21.9 Å². The third-order valence-electron chi connectivity index (χ3n) is 5.92. The maximum absolute atomic E-state index is 12.5. The van der Waals surface area contributed by atoms with Gasteiger partial charge >= 0.3 is 0 Å². The van der Waals surface area contributed by atoms with E-state index in [9.17, 15) is 9.90 Å². The lowest BCUT2D eigenvalue weighted by Gasteiger charge is -2.14. The van der Waals surface area contributed by atoms with Crippen LogP contribution in [0.4, 0.5) is 10.8 Å². The summed E-state index contributed by atoms with van der Waals surface area (Å²) in [6.07, 6.45) is 4.19. The highest BCUT2D eigenvalue weighted by molar-refractivity contribution is 7.19. The van der Waals surface area contributed by atoms with Crippen LogP contribution >= 0.6 is 11.3 Å². The number of carbonyl (C=O) groups is 1. The number of phenols is 1. The quantitative estimate of drug-likeness (QED) is 0.418. The van der Waals surface area contributed by atoms with Gasteiger partial charge in [0, 0.05) is 18.0 Å². The fourth-order valence-electron chi connectivity index (χ4n) is 4.11. The molecule has 0 bridgehead atoms. The van der Waals surface area contributed by atoms with Crippen molar-refractivity contribution in [2.45, 2.75) is 46.1 Å². The van der Waals surface area contributed by atoms with E-state index in [1.54, 1.807) is 13.2 Å². The van der Waals surface area contributed by atoms with Crippen molar-refractivity contribution >= 4 is 28.1 Å². The van der Waals surface area contributed by atoms with Crippen LogP contribution in [0.5, 0.6) is 11.5 Å². The molecule has 6 nitrogen and oxygen atoms in total. The highest BCUT2D eigenvalue weighted by Gasteiger charge is 2.24. The topological polar surface area (TPSA) is 83.5 Å². The third-order valence-corrected chi connectivity index (χ3v) is 7.05. The van der Waals surface area contributed by atoms with Crippen molar-refractivity contribution in [3.05, 3.63) is 53.2 Å². The van der Waals surface area contributed by atoms with Gasteiger partial charge in [-0.15, -0.1) is 0 Å². The van der Waals surface area contributed by atoms with Crippen molar-refractivity contribution in [1.82, 2.24) is 4.98 Å². The second-order valence-electron chi connectivity index (χ2n) is 8.30. The molecule has 1 aliphatic carbocycles. The fourth-order valence-corrected chi connectivity index (χ4v) is 5.08. The minimum Gasteiger partial charge on any atom is -0.508 e. The first-order chi connectivity index (χ1) is 15.4. The van der Waals surface area contributed by atoms with Crippen LogP contribution in [0, 0.1) is 19.8 Å². The number of amides is 1. The van der Waals surface area contributed by atoms with E-state index in [1.807, 2.05) is 44.2 Å². The molecule has 4 rings (SSSR count). The molecule has 32 heavy (non-hydrogen) atoms. The van der Waals surface area contributed by atoms with E-state index in [1.165, 1.54) is 11.3 Å². The monoisotopic (exact) mass is 451 g/mol. The Balaban J connectivity index is 1.53. The largest absolute Gasteiger partial charge is 0.508 e. The molecule has 0 spiro atoms. The van der Waals surface area contributed by atoms with Crippen LogP contribution in [0.1, 0.15) is 42.5 Å². The first kappa shape index (κ1) is 22.1. The summed E-state index contributed by atoms with van der Waals surface area (Å²) in [5.74, 6) is 1.18. The Labute approximate surface area is 192 Å². The fraction of sp³-hybridized carbons (Fsp3) is 0.360. The molecule has 0 saturated heterocycles. The summed E-state index contributed by atoms with van der Waals surface area (Å²) >= 11 is 1.49. The second kappa shape index (κ2) is 9.61. The smallest absolute Gasteiger partial charge is 0.229 e. The number of benzene rings is 2. The van der Waals surface area contributed by atoms with Crippen LogP contribution in [-0.4, -0.2) is 23.1 Å². The molecule has 1 amide bonds. The van der Waals surface area contributed by atoms with Gasteiger partial charge in [0.05, 0.1) is 23.4 Å². The highest BCUT2D eigenvalue weighted by atomic mass is 32.1. The number of rotatable bonds is 7. The number of methoxy groups -OCH3 is 1. The zero-order valence-corrected chi connectivity index (χ0v) is 19.5. The number of aromatic hydroxyl groups is 1. The predicted molar refractivity (Wildman–Crippen MR) is 130 cm³/mol. The number of aromatic nitrogens is 1. The Morgan fingerprint density at radius 1 is 1.19 bits per heavy atom. The van der Waals surface area contributed by atoms with Crippen molar-refractivity contribution < 1.29 is 14.6 Å². The molecular formula is C25H29N3O3S. The lowest BCUT2D eigenvalue weighted by atomic mass is 10.1. The van der Waals surface area contributed by atoms with Gasteiger partial charge < -0.3 is 20.5 Å². The number of hydrogen-bond donors (Lipinski definition) is 3. The van der Waals surface area contributed by atoms with Crippen molar-refractivity contribution in [3.63, 3.8) is 0 Å². The molecule has 1 heterocycles. The van der Waals surface area contributed by atoms with E-state index in [2.05, 4.69) is 15.6 Å². The van der Waals surface area contributed by atoms with Gasteiger partial charge in [-0.1, -0.05) is 36.3 Å². The van der Waals surface area contributed by atoms with E-state index >= 15 is 0 Å². The summed E-state index contributed by atoms with van der Waals surface area (Å²) in [4.78, 5) is 18.1. The van der Waals surface area contributed by atoms with Gasteiger partial charge in [0.25, 0.3) is 0 Å². The van der Waals surface area contributed by atoms with E-state index in [0.29, 0.717) is 11.7 Å². The number of phenolic OH excluding ortho intramolecular Hbond substituents is 1. The van der Waals surface area contributed by atoms with Gasteiger partial charge in [-0.05, 0) is 62.1 Å². The molecule has 1 aliphatic rings. The molecule has 1 aromatic heterocycles. The molecule has 1 saturated carbocycles. The van der Waals surface area contributed by atoms with Crippen LogP contribution in [-0.2, 0) is 11.3 Å². The summed E-state index contributed by atoms with van der Waals surface area (Å²) in [5.41, 5.74) is 4.53. The van der Waals surface area contributed by atoms with Crippen molar-refractivity contribution in [1.29, 1.82) is 0 Å². The second-order valence-corrected chi connectivity index (χ2v) is 9.30. The molecule has 1 fully saturated rings. The lowest BCUT2D eigenvalue weighted by molar-refractivity contribution is -0.119. The molecule has 0 atom stereocenters. The van der Waals surface area contributed by atoms with Gasteiger partial charge in [0.15, 0.2) is 5.13 Å². The number of nitrogens with zero attached hydrogens (tertiary/aromatic N) is 1. The number of carbonyl (C=O) groups excluding carboxylic acids is 1. The summed E-state index contributed by atoms with van der Waals surface area (Å²) < 4.78 is 5.52. The minimum absolute atomic E-state index is 0.0813. The van der Waals surface area contributed by atoms with Gasteiger partial charge in [-0.2, -0.15) is 0 Å². The van der Waals surface area contributed by atoms with E-state index in [4.69, 9.17) is 4.74 Å². The summed E-state index contributed by atoms with van der Waals surface area (Å²) in [6.45, 7) is 4.38. The van der Waals surface area contributed by atoms with Crippen LogP contribution < -0.4 is 15.4 Å². The van der Waals surface area contributed by atoms with E-state index in [-0.39, 0.29) is 17.6 Å². The SMILES string of the molecule is COc1ccc(-c2sc(NC(=O)C3CCCC3)nc2C)cc1NCc1ccc(C)cc1O. The first-order valence-electron chi connectivity index (χ1n) is 10.9. The summed E-state index contributed by atoms with van der Waals surface area (Å²) in [5, 5.41) is 17.2. The number of hydrogen-bond acceptors (Lipinski definition) is 6. The van der Waals surface area contributed by atoms with Crippen molar-refractivity contribution in [2.75, 3.05) is 17.7 Å². The Morgan fingerprint density at radius 3 is 2.69 bits per heavy atom. The standard InChI is InChI=1S/C25H29N3O3S/c1-15-8-9-19(21(29)12-15)14-26-20-13-18(10-11-22(20)31-3)23-16(2)27-25(32-23)28-24(30)17-6-4-5-7-17/h8-13,17,26,29H,4-7,14H2,1-3H3,(H,27,28,30). The average molecular weight is 452 g/mol. The molecule has 3 aromatic rings. The number of anilines is 2. The predicted octanol–water partition coefficient (Wildman–Crippen LogP) is 5.88. The minimum atomic E-state index is 0.0813. The Hall–Kier alpha value is -3.06. The van der Waals surface area contributed by atoms with E-state index < -0.39 is 0 Å². The average Bonchev–Trinajstić information content (AvgIpc) is 3.43. The summed E-state index contributed by atoms with van der Waals surface area (Å²) in [7, 11) is 1.64. The highest BCUT2D eigenvalue weighted by Crippen LogP contribution is 2.38. The molecule has 0 unspecified atom stereocenters. The zero-order chi connectivity index (χ0) is 22.7. The van der Waals surface area contributed by atoms with Crippen LogP contribution in [0.2, 0.25) is 0 Å². The number of nitrogens with one attached hydrogen (secondary N) is 2. The Kier molecular flexibility index (Phi) is 6.65. The van der Waals surface area contributed by atoms with Gasteiger partial charge in [0.1, 0.15) is 11.5 Å². The molecule has 7 heteroatoms. The maximum atomic E-state index is 12.5. The molecule has 0 aliphatic heterocycles. The maximum Gasteiger partial charge on any atom is 0.229 e. The van der Waals surface area contributed by atoms with Crippen molar-refractivity contribution in [2.24, 2.45) is 5.92 Å². The molecule has 3 N–H and O–H groups in total. The van der Waals surface area contributed by atoms with Crippen LogP contribution in [0.15, 0.2) is 36.4 Å². The van der Waals surface area contributed by atoms with Crippen LogP contribution in [0.3, 0.4) is 0 Å². The molecule has 0 radical (unpaired) electrons.